The molecule has 0 bridgehead atoms. The van der Waals surface area contributed by atoms with Gasteiger partial charge in [-0.25, -0.2) is 0 Å². The highest BCUT2D eigenvalue weighted by Gasteiger charge is 2.16. The standard InChI is InChI=1S/C15H22N4O/c1-12-13(2)17-19(15(20)14(12)10-16)11-18-8-6-4-3-5-7-9-18/h3-9,11H2,1-2H3/p+1. The molecular formula is C15H23N4O+. The zero-order valence-corrected chi connectivity index (χ0v) is 12.4. The van der Waals surface area contributed by atoms with Crippen LogP contribution in [0.15, 0.2) is 4.79 Å². The molecular weight excluding hydrogens is 252 g/mol. The number of aromatic nitrogens is 2. The number of hydrogen-bond donors (Lipinski definition) is 1. The molecule has 1 saturated heterocycles. The summed E-state index contributed by atoms with van der Waals surface area (Å²) in [5, 5.41) is 13.5. The van der Waals surface area contributed by atoms with Gasteiger partial charge in [0.2, 0.25) is 0 Å². The van der Waals surface area contributed by atoms with Crippen molar-refractivity contribution in [3.63, 3.8) is 0 Å². The molecule has 1 aliphatic rings. The van der Waals surface area contributed by atoms with Gasteiger partial charge in [0.1, 0.15) is 11.6 Å². The molecule has 108 valence electrons. The third-order valence-electron chi connectivity index (χ3n) is 4.18. The lowest BCUT2D eigenvalue weighted by Crippen LogP contribution is -3.11. The maximum atomic E-state index is 12.3. The van der Waals surface area contributed by atoms with Crippen LogP contribution in [0, 0.1) is 25.2 Å². The molecule has 2 rings (SSSR count). The Labute approximate surface area is 119 Å². The van der Waals surface area contributed by atoms with Crippen molar-refractivity contribution < 1.29 is 4.90 Å². The van der Waals surface area contributed by atoms with E-state index in [0.29, 0.717) is 12.2 Å². The molecule has 0 radical (unpaired) electrons. The number of nitrogens with zero attached hydrogens (tertiary/aromatic N) is 3. The molecule has 1 aromatic heterocycles. The lowest BCUT2D eigenvalue weighted by Gasteiger charge is -2.22. The molecule has 1 fully saturated rings. The molecule has 5 nitrogen and oxygen atoms in total. The van der Waals surface area contributed by atoms with E-state index in [0.717, 1.165) is 18.8 Å². The molecule has 0 atom stereocenters. The van der Waals surface area contributed by atoms with E-state index in [4.69, 9.17) is 5.26 Å². The molecule has 0 amide bonds. The minimum atomic E-state index is -0.245. The van der Waals surface area contributed by atoms with Crippen molar-refractivity contribution in [3.05, 3.63) is 27.2 Å². The van der Waals surface area contributed by atoms with E-state index in [1.807, 2.05) is 13.0 Å². The van der Waals surface area contributed by atoms with Crippen LogP contribution in [0.1, 0.15) is 48.9 Å². The van der Waals surface area contributed by atoms with E-state index in [9.17, 15) is 4.79 Å². The first-order chi connectivity index (χ1) is 9.63. The Morgan fingerprint density at radius 1 is 1.20 bits per heavy atom. The molecule has 0 aliphatic carbocycles. The number of rotatable bonds is 2. The number of nitriles is 1. The van der Waals surface area contributed by atoms with Crippen molar-refractivity contribution in [2.75, 3.05) is 13.1 Å². The summed E-state index contributed by atoms with van der Waals surface area (Å²) in [6, 6.07) is 2.02. The Balaban J connectivity index is 2.22. The first-order valence-corrected chi connectivity index (χ1v) is 7.45. The van der Waals surface area contributed by atoms with Crippen LogP contribution in [0.5, 0.6) is 0 Å². The Hall–Kier alpha value is -1.67. The fraction of sp³-hybridized carbons (Fsp3) is 0.667. The molecule has 0 saturated carbocycles. The van der Waals surface area contributed by atoms with Crippen molar-refractivity contribution in [1.29, 1.82) is 5.26 Å². The second-order valence-corrected chi connectivity index (χ2v) is 5.68. The predicted molar refractivity (Wildman–Crippen MR) is 76.5 cm³/mol. The maximum Gasteiger partial charge on any atom is 0.289 e. The van der Waals surface area contributed by atoms with Crippen LogP contribution >= 0.6 is 0 Å². The van der Waals surface area contributed by atoms with Gasteiger partial charge in [0.15, 0.2) is 6.67 Å². The summed E-state index contributed by atoms with van der Waals surface area (Å²) in [5.74, 6) is 0. The van der Waals surface area contributed by atoms with E-state index in [2.05, 4.69) is 5.10 Å². The maximum absolute atomic E-state index is 12.3. The van der Waals surface area contributed by atoms with Gasteiger partial charge < -0.3 is 4.90 Å². The fourth-order valence-electron chi connectivity index (χ4n) is 2.79. The minimum Gasteiger partial charge on any atom is -0.316 e. The molecule has 1 aromatic rings. The third kappa shape index (κ3) is 3.26. The van der Waals surface area contributed by atoms with Gasteiger partial charge in [-0.1, -0.05) is 6.42 Å². The second kappa shape index (κ2) is 6.67. The summed E-state index contributed by atoms with van der Waals surface area (Å²) >= 11 is 0. The van der Waals surface area contributed by atoms with Crippen LogP contribution in [0.25, 0.3) is 0 Å². The highest BCUT2D eigenvalue weighted by Crippen LogP contribution is 2.05. The number of quaternary nitrogens is 1. The molecule has 0 spiro atoms. The summed E-state index contributed by atoms with van der Waals surface area (Å²) < 4.78 is 1.48. The molecule has 5 heteroatoms. The predicted octanol–water partition coefficient (Wildman–Crippen LogP) is 0.538. The lowest BCUT2D eigenvalue weighted by molar-refractivity contribution is -0.924. The topological polar surface area (TPSA) is 63.1 Å². The van der Waals surface area contributed by atoms with E-state index >= 15 is 0 Å². The summed E-state index contributed by atoms with van der Waals surface area (Å²) in [6.45, 7) is 6.39. The van der Waals surface area contributed by atoms with Crippen molar-refractivity contribution in [1.82, 2.24) is 9.78 Å². The Bertz CT molecular complexity index is 562. The molecule has 0 aromatic carbocycles. The van der Waals surface area contributed by atoms with Crippen LogP contribution in [-0.4, -0.2) is 22.9 Å². The molecule has 0 unspecified atom stereocenters. The van der Waals surface area contributed by atoms with Crippen molar-refractivity contribution in [2.45, 2.75) is 52.6 Å². The first-order valence-electron chi connectivity index (χ1n) is 7.45. The zero-order valence-electron chi connectivity index (χ0n) is 12.4. The van der Waals surface area contributed by atoms with Crippen molar-refractivity contribution in [2.24, 2.45) is 0 Å². The van der Waals surface area contributed by atoms with Gasteiger partial charge in [0.05, 0.1) is 18.8 Å². The average molecular weight is 275 g/mol. The molecule has 1 aliphatic heterocycles. The second-order valence-electron chi connectivity index (χ2n) is 5.68. The van der Waals surface area contributed by atoms with E-state index < -0.39 is 0 Å². The van der Waals surface area contributed by atoms with Crippen LogP contribution in [0.3, 0.4) is 0 Å². The minimum absolute atomic E-state index is 0.240. The van der Waals surface area contributed by atoms with Gasteiger partial charge in [-0.2, -0.15) is 15.0 Å². The number of likely N-dealkylation sites (tertiary alicyclic amines) is 1. The number of aryl methyl sites for hydroxylation is 1. The normalized spacial score (nSPS) is 17.2. The summed E-state index contributed by atoms with van der Waals surface area (Å²) in [4.78, 5) is 13.7. The van der Waals surface area contributed by atoms with Gasteiger partial charge >= 0.3 is 0 Å². The van der Waals surface area contributed by atoms with Crippen LogP contribution < -0.4 is 10.5 Å². The average Bonchev–Trinajstić information content (AvgIpc) is 2.39. The summed E-state index contributed by atoms with van der Waals surface area (Å²) in [6.07, 6.45) is 6.30. The first kappa shape index (κ1) is 14.7. The van der Waals surface area contributed by atoms with Crippen LogP contribution in [0.2, 0.25) is 0 Å². The van der Waals surface area contributed by atoms with E-state index in [1.165, 1.54) is 41.7 Å². The number of hydrogen-bond acceptors (Lipinski definition) is 3. The van der Waals surface area contributed by atoms with Gasteiger partial charge in [-0.15, -0.1) is 0 Å². The van der Waals surface area contributed by atoms with E-state index in [-0.39, 0.29) is 11.1 Å². The SMILES string of the molecule is Cc1nn(C[NH+]2CCCCCCC2)c(=O)c(C#N)c1C. The van der Waals surface area contributed by atoms with Gasteiger partial charge in [-0.3, -0.25) is 4.79 Å². The lowest BCUT2D eigenvalue weighted by atomic mass is 10.1. The van der Waals surface area contributed by atoms with E-state index in [1.54, 1.807) is 6.92 Å². The van der Waals surface area contributed by atoms with Gasteiger partial charge in [0.25, 0.3) is 5.56 Å². The molecule has 1 N–H and O–H groups in total. The third-order valence-corrected chi connectivity index (χ3v) is 4.18. The largest absolute Gasteiger partial charge is 0.316 e. The highest BCUT2D eigenvalue weighted by molar-refractivity contribution is 5.36. The summed E-state index contributed by atoms with van der Waals surface area (Å²) in [5.41, 5.74) is 1.47. The van der Waals surface area contributed by atoms with Crippen molar-refractivity contribution in [3.8, 4) is 6.07 Å². The smallest absolute Gasteiger partial charge is 0.289 e. The van der Waals surface area contributed by atoms with Crippen LogP contribution in [-0.2, 0) is 6.67 Å². The quantitative estimate of drug-likeness (QED) is 0.857. The number of nitrogens with one attached hydrogen (secondary N) is 1. The van der Waals surface area contributed by atoms with Crippen molar-refractivity contribution >= 4 is 0 Å². The fourth-order valence-corrected chi connectivity index (χ4v) is 2.79. The Morgan fingerprint density at radius 2 is 1.80 bits per heavy atom. The monoisotopic (exact) mass is 275 g/mol. The summed E-state index contributed by atoms with van der Waals surface area (Å²) in [7, 11) is 0. The molecule has 2 heterocycles. The van der Waals surface area contributed by atoms with Gasteiger partial charge in [0, 0.05) is 0 Å². The van der Waals surface area contributed by atoms with Crippen LogP contribution in [0.4, 0.5) is 0 Å². The Morgan fingerprint density at radius 3 is 2.40 bits per heavy atom. The zero-order chi connectivity index (χ0) is 14.5. The highest BCUT2D eigenvalue weighted by atomic mass is 16.1. The molecule has 20 heavy (non-hydrogen) atoms. The van der Waals surface area contributed by atoms with Gasteiger partial charge in [-0.05, 0) is 45.1 Å². The Kier molecular flexibility index (Phi) is 4.91.